The van der Waals surface area contributed by atoms with Gasteiger partial charge in [0.15, 0.2) is 5.01 Å². The van der Waals surface area contributed by atoms with Crippen molar-refractivity contribution in [1.29, 1.82) is 0 Å². The summed E-state index contributed by atoms with van der Waals surface area (Å²) in [5, 5.41) is 8.93. The Hall–Kier alpha value is -1.76. The number of aromatic nitrogens is 1. The van der Waals surface area contributed by atoms with Crippen LogP contribution in [0.4, 0.5) is 0 Å². The van der Waals surface area contributed by atoms with Crippen LogP contribution in [-0.2, 0) is 0 Å². The summed E-state index contributed by atoms with van der Waals surface area (Å²) in [4.78, 5) is 19.5. The fourth-order valence-corrected chi connectivity index (χ4v) is 4.32. The third kappa shape index (κ3) is 3.92. The summed E-state index contributed by atoms with van der Waals surface area (Å²) in [5.74, 6) is 0.730. The van der Waals surface area contributed by atoms with Gasteiger partial charge in [0.1, 0.15) is 0 Å². The fraction of sp³-hybridized carbons (Fsp3) is 0.474. The Kier molecular flexibility index (Phi) is 5.10. The van der Waals surface area contributed by atoms with Gasteiger partial charge in [-0.15, -0.1) is 11.3 Å². The van der Waals surface area contributed by atoms with Gasteiger partial charge in [-0.3, -0.25) is 9.69 Å². The summed E-state index contributed by atoms with van der Waals surface area (Å²) < 4.78 is 0. The molecule has 0 spiro atoms. The maximum atomic E-state index is 12.5. The van der Waals surface area contributed by atoms with Gasteiger partial charge < -0.3 is 10.6 Å². The van der Waals surface area contributed by atoms with E-state index in [-0.39, 0.29) is 5.91 Å². The zero-order valence-electron chi connectivity index (χ0n) is 14.3. The van der Waals surface area contributed by atoms with Crippen LogP contribution in [0.3, 0.4) is 0 Å². The minimum atomic E-state index is -0.0515. The molecule has 2 aliphatic rings. The van der Waals surface area contributed by atoms with Gasteiger partial charge in [0.25, 0.3) is 5.91 Å². The standard InChI is InChI=1S/C19H24N4OS/c24-18(19-22-17(13-25-19)15-5-2-1-3-6-15)21-11-16-7-4-8-23(16)12-14-9-20-10-14/h1-3,5-6,13-14,16,20H,4,7-12H2,(H,21,24)/t16-/m0/s1. The molecule has 2 saturated heterocycles. The van der Waals surface area contributed by atoms with Crippen molar-refractivity contribution in [2.45, 2.75) is 18.9 Å². The highest BCUT2D eigenvalue weighted by atomic mass is 32.1. The Balaban J connectivity index is 1.32. The number of rotatable bonds is 6. The number of nitrogens with zero attached hydrogens (tertiary/aromatic N) is 2. The molecule has 2 aromatic rings. The number of carbonyl (C=O) groups is 1. The molecule has 1 aromatic heterocycles. The van der Waals surface area contributed by atoms with Gasteiger partial charge >= 0.3 is 0 Å². The number of hydrogen-bond donors (Lipinski definition) is 2. The van der Waals surface area contributed by atoms with Gasteiger partial charge in [0.05, 0.1) is 5.69 Å². The number of carbonyl (C=O) groups excluding carboxylic acids is 1. The van der Waals surface area contributed by atoms with E-state index in [0.717, 1.165) is 49.9 Å². The number of benzene rings is 1. The molecule has 0 unspecified atom stereocenters. The molecular formula is C19H24N4OS. The van der Waals surface area contributed by atoms with Crippen molar-refractivity contribution in [3.05, 3.63) is 40.7 Å². The van der Waals surface area contributed by atoms with Gasteiger partial charge in [0.2, 0.25) is 0 Å². The van der Waals surface area contributed by atoms with Crippen molar-refractivity contribution in [2.24, 2.45) is 5.92 Å². The molecule has 5 nitrogen and oxygen atoms in total. The van der Waals surface area contributed by atoms with E-state index in [0.29, 0.717) is 11.0 Å². The maximum Gasteiger partial charge on any atom is 0.280 e. The Morgan fingerprint density at radius 1 is 1.32 bits per heavy atom. The number of likely N-dealkylation sites (tertiary alicyclic amines) is 1. The number of hydrogen-bond acceptors (Lipinski definition) is 5. The fourth-order valence-electron chi connectivity index (χ4n) is 3.58. The Bertz CT molecular complexity index is 713. The summed E-state index contributed by atoms with van der Waals surface area (Å²) in [5.41, 5.74) is 1.92. The van der Waals surface area contributed by atoms with Crippen LogP contribution in [0.15, 0.2) is 35.7 Å². The van der Waals surface area contributed by atoms with E-state index in [4.69, 9.17) is 0 Å². The summed E-state index contributed by atoms with van der Waals surface area (Å²) in [6.07, 6.45) is 2.41. The lowest BCUT2D eigenvalue weighted by Crippen LogP contribution is -2.50. The second-order valence-corrected chi connectivity index (χ2v) is 7.79. The quantitative estimate of drug-likeness (QED) is 0.833. The van der Waals surface area contributed by atoms with E-state index in [1.165, 1.54) is 24.2 Å². The molecule has 132 valence electrons. The summed E-state index contributed by atoms with van der Waals surface area (Å²) in [6.45, 7) is 5.31. The highest BCUT2D eigenvalue weighted by Gasteiger charge is 2.29. The highest BCUT2D eigenvalue weighted by molar-refractivity contribution is 7.12. The van der Waals surface area contributed by atoms with Crippen molar-refractivity contribution in [3.8, 4) is 11.3 Å². The third-order valence-electron chi connectivity index (χ3n) is 5.12. The van der Waals surface area contributed by atoms with Crippen molar-refractivity contribution >= 4 is 17.2 Å². The molecule has 1 amide bonds. The number of amides is 1. The first-order chi connectivity index (χ1) is 12.3. The lowest BCUT2D eigenvalue weighted by atomic mass is 10.0. The zero-order valence-corrected chi connectivity index (χ0v) is 15.1. The first-order valence-corrected chi connectivity index (χ1v) is 9.91. The van der Waals surface area contributed by atoms with Crippen molar-refractivity contribution < 1.29 is 4.79 Å². The minimum absolute atomic E-state index is 0.0515. The van der Waals surface area contributed by atoms with E-state index >= 15 is 0 Å². The summed E-state index contributed by atoms with van der Waals surface area (Å²) in [6, 6.07) is 10.5. The van der Waals surface area contributed by atoms with Crippen LogP contribution in [0.25, 0.3) is 11.3 Å². The monoisotopic (exact) mass is 356 g/mol. The second kappa shape index (κ2) is 7.64. The molecule has 0 bridgehead atoms. The van der Waals surface area contributed by atoms with Crippen LogP contribution in [0.1, 0.15) is 22.6 Å². The molecule has 25 heavy (non-hydrogen) atoms. The molecule has 2 aliphatic heterocycles. The highest BCUT2D eigenvalue weighted by Crippen LogP contribution is 2.22. The van der Waals surface area contributed by atoms with Crippen molar-refractivity contribution in [3.63, 3.8) is 0 Å². The van der Waals surface area contributed by atoms with Gasteiger partial charge in [-0.1, -0.05) is 30.3 Å². The molecule has 0 saturated carbocycles. The number of nitrogens with one attached hydrogen (secondary N) is 2. The SMILES string of the molecule is O=C(NC[C@@H]1CCCN1CC1CNC1)c1nc(-c2ccccc2)cs1. The third-order valence-corrected chi connectivity index (χ3v) is 5.97. The predicted octanol–water partition coefficient (Wildman–Crippen LogP) is 2.22. The average molecular weight is 356 g/mol. The van der Waals surface area contributed by atoms with Crippen LogP contribution in [0, 0.1) is 5.92 Å². The van der Waals surface area contributed by atoms with Crippen LogP contribution < -0.4 is 10.6 Å². The summed E-state index contributed by atoms with van der Waals surface area (Å²) in [7, 11) is 0. The van der Waals surface area contributed by atoms with Gasteiger partial charge in [0, 0.05) is 43.2 Å². The molecule has 2 fully saturated rings. The smallest absolute Gasteiger partial charge is 0.280 e. The molecule has 3 heterocycles. The lowest BCUT2D eigenvalue weighted by molar-refractivity contribution is 0.0935. The summed E-state index contributed by atoms with van der Waals surface area (Å²) >= 11 is 1.41. The van der Waals surface area contributed by atoms with Crippen molar-refractivity contribution in [1.82, 2.24) is 20.5 Å². The Morgan fingerprint density at radius 3 is 2.92 bits per heavy atom. The van der Waals surface area contributed by atoms with E-state index in [1.54, 1.807) is 0 Å². The number of thiazole rings is 1. The molecule has 1 atom stereocenters. The normalized spacial score (nSPS) is 21.2. The Morgan fingerprint density at radius 2 is 2.16 bits per heavy atom. The largest absolute Gasteiger partial charge is 0.348 e. The van der Waals surface area contributed by atoms with Crippen LogP contribution in [0.2, 0.25) is 0 Å². The van der Waals surface area contributed by atoms with Crippen LogP contribution in [-0.4, -0.2) is 54.6 Å². The van der Waals surface area contributed by atoms with E-state index in [9.17, 15) is 4.79 Å². The average Bonchev–Trinajstić information content (AvgIpc) is 3.26. The molecule has 4 rings (SSSR count). The van der Waals surface area contributed by atoms with E-state index in [1.807, 2.05) is 35.7 Å². The molecule has 1 aromatic carbocycles. The molecular weight excluding hydrogens is 332 g/mol. The molecule has 2 N–H and O–H groups in total. The first kappa shape index (κ1) is 16.7. The zero-order chi connectivity index (χ0) is 17.1. The molecule has 6 heteroatoms. The maximum absolute atomic E-state index is 12.5. The van der Waals surface area contributed by atoms with Crippen LogP contribution >= 0.6 is 11.3 Å². The van der Waals surface area contributed by atoms with Gasteiger partial charge in [-0.25, -0.2) is 4.98 Å². The topological polar surface area (TPSA) is 57.3 Å². The minimum Gasteiger partial charge on any atom is -0.348 e. The molecule has 0 radical (unpaired) electrons. The second-order valence-electron chi connectivity index (χ2n) is 6.93. The van der Waals surface area contributed by atoms with Gasteiger partial charge in [-0.05, 0) is 25.3 Å². The van der Waals surface area contributed by atoms with Crippen molar-refractivity contribution in [2.75, 3.05) is 32.7 Å². The predicted molar refractivity (Wildman–Crippen MR) is 101 cm³/mol. The van der Waals surface area contributed by atoms with E-state index in [2.05, 4.69) is 20.5 Å². The first-order valence-electron chi connectivity index (χ1n) is 9.03. The molecule has 0 aliphatic carbocycles. The van der Waals surface area contributed by atoms with Crippen LogP contribution in [0.5, 0.6) is 0 Å². The van der Waals surface area contributed by atoms with Gasteiger partial charge in [-0.2, -0.15) is 0 Å². The Labute approximate surface area is 152 Å². The van der Waals surface area contributed by atoms with E-state index < -0.39 is 0 Å². The lowest BCUT2D eigenvalue weighted by Gasteiger charge is -2.34.